The first-order chi connectivity index (χ1) is 8.36. The lowest BCUT2D eigenvalue weighted by molar-refractivity contribution is 0.209. The van der Waals surface area contributed by atoms with Gasteiger partial charge in [-0.05, 0) is 25.5 Å². The SMILES string of the molecule is CN(CC=Cc1ccccc1)C1CCCCC1. The summed E-state index contributed by atoms with van der Waals surface area (Å²) in [6.45, 7) is 1.07. The van der Waals surface area contributed by atoms with E-state index in [2.05, 4.69) is 54.4 Å². The molecule has 2 rings (SSSR count). The Labute approximate surface area is 105 Å². The maximum absolute atomic E-state index is 2.50. The van der Waals surface area contributed by atoms with Crippen LogP contribution in [0.15, 0.2) is 36.4 Å². The largest absolute Gasteiger partial charge is 0.300 e. The van der Waals surface area contributed by atoms with E-state index >= 15 is 0 Å². The van der Waals surface area contributed by atoms with Crippen molar-refractivity contribution in [2.24, 2.45) is 0 Å². The van der Waals surface area contributed by atoms with Crippen LogP contribution < -0.4 is 0 Å². The van der Waals surface area contributed by atoms with Gasteiger partial charge in [0, 0.05) is 12.6 Å². The molecule has 1 fully saturated rings. The monoisotopic (exact) mass is 229 g/mol. The summed E-state index contributed by atoms with van der Waals surface area (Å²) in [5, 5.41) is 0. The second-order valence-electron chi connectivity index (χ2n) is 5.04. The van der Waals surface area contributed by atoms with Gasteiger partial charge in [0.1, 0.15) is 0 Å². The molecule has 1 aromatic carbocycles. The van der Waals surface area contributed by atoms with E-state index in [4.69, 9.17) is 0 Å². The molecular formula is C16H23N. The topological polar surface area (TPSA) is 3.24 Å². The molecule has 92 valence electrons. The summed E-state index contributed by atoms with van der Waals surface area (Å²) >= 11 is 0. The molecule has 0 bridgehead atoms. The van der Waals surface area contributed by atoms with E-state index < -0.39 is 0 Å². The number of benzene rings is 1. The molecule has 1 nitrogen and oxygen atoms in total. The lowest BCUT2D eigenvalue weighted by Gasteiger charge is -2.30. The van der Waals surface area contributed by atoms with Gasteiger partial charge in [0.05, 0.1) is 0 Å². The van der Waals surface area contributed by atoms with Crippen LogP contribution in [0.4, 0.5) is 0 Å². The highest BCUT2D eigenvalue weighted by Crippen LogP contribution is 2.21. The van der Waals surface area contributed by atoms with Gasteiger partial charge >= 0.3 is 0 Å². The predicted octanol–water partition coefficient (Wildman–Crippen LogP) is 3.96. The van der Waals surface area contributed by atoms with Crippen molar-refractivity contribution >= 4 is 6.08 Å². The first-order valence-corrected chi connectivity index (χ1v) is 6.78. The van der Waals surface area contributed by atoms with Gasteiger partial charge < -0.3 is 0 Å². The number of rotatable bonds is 4. The molecule has 0 aliphatic heterocycles. The van der Waals surface area contributed by atoms with Crippen LogP contribution in [0.5, 0.6) is 0 Å². The van der Waals surface area contributed by atoms with Crippen LogP contribution in [0.1, 0.15) is 37.7 Å². The van der Waals surface area contributed by atoms with E-state index in [1.54, 1.807) is 0 Å². The van der Waals surface area contributed by atoms with Gasteiger partial charge in [-0.25, -0.2) is 0 Å². The third kappa shape index (κ3) is 4.01. The van der Waals surface area contributed by atoms with Gasteiger partial charge in [-0.1, -0.05) is 61.7 Å². The Kier molecular flexibility index (Phi) is 4.81. The minimum atomic E-state index is 0.809. The second kappa shape index (κ2) is 6.61. The van der Waals surface area contributed by atoms with Gasteiger partial charge in [-0.15, -0.1) is 0 Å². The van der Waals surface area contributed by atoms with Crippen molar-refractivity contribution < 1.29 is 0 Å². The number of hydrogen-bond acceptors (Lipinski definition) is 1. The molecular weight excluding hydrogens is 206 g/mol. The Morgan fingerprint density at radius 1 is 1.12 bits per heavy atom. The van der Waals surface area contributed by atoms with Gasteiger partial charge in [-0.2, -0.15) is 0 Å². The number of hydrogen-bond donors (Lipinski definition) is 0. The average Bonchev–Trinajstić information content (AvgIpc) is 2.41. The van der Waals surface area contributed by atoms with E-state index in [0.717, 1.165) is 12.6 Å². The van der Waals surface area contributed by atoms with Crippen molar-refractivity contribution in [2.45, 2.75) is 38.1 Å². The van der Waals surface area contributed by atoms with Gasteiger partial charge in [-0.3, -0.25) is 4.90 Å². The first kappa shape index (κ1) is 12.4. The molecule has 0 spiro atoms. The van der Waals surface area contributed by atoms with Crippen LogP contribution in [0.25, 0.3) is 6.08 Å². The lowest BCUT2D eigenvalue weighted by Crippen LogP contribution is -2.33. The molecule has 0 heterocycles. The maximum atomic E-state index is 2.50. The van der Waals surface area contributed by atoms with Crippen molar-refractivity contribution in [3.63, 3.8) is 0 Å². The molecule has 0 saturated heterocycles. The molecule has 0 aromatic heterocycles. The third-order valence-corrected chi connectivity index (χ3v) is 3.70. The number of nitrogens with zero attached hydrogens (tertiary/aromatic N) is 1. The summed E-state index contributed by atoms with van der Waals surface area (Å²) in [5.41, 5.74) is 1.30. The quantitative estimate of drug-likeness (QED) is 0.755. The fourth-order valence-corrected chi connectivity index (χ4v) is 2.59. The van der Waals surface area contributed by atoms with Crippen molar-refractivity contribution in [3.05, 3.63) is 42.0 Å². The predicted molar refractivity (Wildman–Crippen MR) is 75.0 cm³/mol. The molecule has 1 aromatic rings. The average molecular weight is 229 g/mol. The van der Waals surface area contributed by atoms with E-state index in [-0.39, 0.29) is 0 Å². The molecule has 0 unspecified atom stereocenters. The van der Waals surface area contributed by atoms with Crippen LogP contribution in [0.3, 0.4) is 0 Å². The minimum absolute atomic E-state index is 0.809. The highest BCUT2D eigenvalue weighted by Gasteiger charge is 2.16. The van der Waals surface area contributed by atoms with Gasteiger partial charge in [0.25, 0.3) is 0 Å². The minimum Gasteiger partial charge on any atom is -0.300 e. The Morgan fingerprint density at radius 2 is 1.82 bits per heavy atom. The van der Waals surface area contributed by atoms with Gasteiger partial charge in [0.2, 0.25) is 0 Å². The van der Waals surface area contributed by atoms with Crippen molar-refractivity contribution in [1.82, 2.24) is 4.90 Å². The Balaban J connectivity index is 1.79. The fourth-order valence-electron chi connectivity index (χ4n) is 2.59. The van der Waals surface area contributed by atoms with Crippen LogP contribution in [-0.2, 0) is 0 Å². The summed E-state index contributed by atoms with van der Waals surface area (Å²) in [6.07, 6.45) is 11.5. The highest BCUT2D eigenvalue weighted by atomic mass is 15.1. The summed E-state index contributed by atoms with van der Waals surface area (Å²) in [6, 6.07) is 11.3. The van der Waals surface area contributed by atoms with Crippen LogP contribution in [0.2, 0.25) is 0 Å². The molecule has 0 radical (unpaired) electrons. The Hall–Kier alpha value is -1.08. The van der Waals surface area contributed by atoms with Crippen LogP contribution >= 0.6 is 0 Å². The Bertz CT molecular complexity index is 336. The molecule has 0 amide bonds. The maximum Gasteiger partial charge on any atom is 0.0166 e. The molecule has 1 aliphatic rings. The van der Waals surface area contributed by atoms with Crippen LogP contribution in [0, 0.1) is 0 Å². The molecule has 0 N–H and O–H groups in total. The second-order valence-corrected chi connectivity index (χ2v) is 5.04. The lowest BCUT2D eigenvalue weighted by atomic mass is 9.94. The summed E-state index contributed by atoms with van der Waals surface area (Å²) in [5.74, 6) is 0. The zero-order chi connectivity index (χ0) is 11.9. The standard InChI is InChI=1S/C16H23N/c1-17(16-12-6-3-7-13-16)14-8-11-15-9-4-2-5-10-15/h2,4-5,8-11,16H,3,6-7,12-14H2,1H3. The zero-order valence-electron chi connectivity index (χ0n) is 10.8. The van der Waals surface area contributed by atoms with Crippen molar-refractivity contribution in [3.8, 4) is 0 Å². The van der Waals surface area contributed by atoms with E-state index in [0.29, 0.717) is 0 Å². The van der Waals surface area contributed by atoms with E-state index in [1.165, 1.54) is 37.7 Å². The molecule has 1 aliphatic carbocycles. The van der Waals surface area contributed by atoms with Crippen molar-refractivity contribution in [2.75, 3.05) is 13.6 Å². The van der Waals surface area contributed by atoms with E-state index in [1.807, 2.05) is 0 Å². The summed E-state index contributed by atoms with van der Waals surface area (Å²) < 4.78 is 0. The molecule has 1 heteroatoms. The summed E-state index contributed by atoms with van der Waals surface area (Å²) in [7, 11) is 2.26. The normalized spacial score (nSPS) is 18.0. The third-order valence-electron chi connectivity index (χ3n) is 3.70. The summed E-state index contributed by atoms with van der Waals surface area (Å²) in [4.78, 5) is 2.50. The molecule has 0 atom stereocenters. The van der Waals surface area contributed by atoms with Crippen molar-refractivity contribution in [1.29, 1.82) is 0 Å². The van der Waals surface area contributed by atoms with E-state index in [9.17, 15) is 0 Å². The van der Waals surface area contributed by atoms with Crippen LogP contribution in [-0.4, -0.2) is 24.5 Å². The highest BCUT2D eigenvalue weighted by molar-refractivity contribution is 5.48. The molecule has 17 heavy (non-hydrogen) atoms. The number of likely N-dealkylation sites (N-methyl/N-ethyl adjacent to an activating group) is 1. The smallest absolute Gasteiger partial charge is 0.0166 e. The fraction of sp³-hybridized carbons (Fsp3) is 0.500. The Morgan fingerprint density at radius 3 is 2.53 bits per heavy atom. The molecule has 1 saturated carbocycles. The van der Waals surface area contributed by atoms with Gasteiger partial charge in [0.15, 0.2) is 0 Å². The zero-order valence-corrected chi connectivity index (χ0v) is 10.8. The first-order valence-electron chi connectivity index (χ1n) is 6.78.